The molecule has 2 rings (SSSR count). The number of hydrogen-bond acceptors (Lipinski definition) is 3. The largest absolute Gasteiger partial charge is 0.370 e. The lowest BCUT2D eigenvalue weighted by molar-refractivity contribution is -0.0570. The van der Waals surface area contributed by atoms with Crippen molar-refractivity contribution in [3.05, 3.63) is 30.1 Å². The van der Waals surface area contributed by atoms with Crippen molar-refractivity contribution in [2.24, 2.45) is 0 Å². The molecule has 92 valence electrons. The number of ether oxygens (including phenoxy) is 1. The lowest BCUT2D eigenvalue weighted by atomic mass is 10.2. The molecule has 1 aliphatic heterocycles. The summed E-state index contributed by atoms with van der Waals surface area (Å²) in [5.41, 5.74) is 0.655. The predicted molar refractivity (Wildman–Crippen MR) is 65.2 cm³/mol. The van der Waals surface area contributed by atoms with Crippen molar-refractivity contribution in [1.29, 1.82) is 0 Å². The number of morpholine rings is 1. The van der Waals surface area contributed by atoms with Crippen LogP contribution in [0.2, 0.25) is 0 Å². The van der Waals surface area contributed by atoms with E-state index in [0.717, 1.165) is 0 Å². The molecule has 1 aromatic heterocycles. The Morgan fingerprint density at radius 3 is 2.88 bits per heavy atom. The molecule has 2 unspecified atom stereocenters. The Kier molecular flexibility index (Phi) is 3.97. The molecule has 0 radical (unpaired) electrons. The normalized spacial score (nSPS) is 24.7. The zero-order valence-corrected chi connectivity index (χ0v) is 10.4. The van der Waals surface area contributed by atoms with Crippen LogP contribution in [0.25, 0.3) is 0 Å². The van der Waals surface area contributed by atoms with Gasteiger partial charge in [0.15, 0.2) is 0 Å². The molecule has 2 atom stereocenters. The van der Waals surface area contributed by atoms with Crippen LogP contribution in [0.1, 0.15) is 17.3 Å². The van der Waals surface area contributed by atoms with Crippen LogP contribution < -0.4 is 0 Å². The molecular formula is C12H15ClN2O2. The van der Waals surface area contributed by atoms with Gasteiger partial charge in [-0.05, 0) is 19.1 Å². The minimum Gasteiger partial charge on any atom is -0.370 e. The first-order valence-electron chi connectivity index (χ1n) is 5.61. The van der Waals surface area contributed by atoms with E-state index in [4.69, 9.17) is 16.3 Å². The van der Waals surface area contributed by atoms with E-state index in [1.54, 1.807) is 29.4 Å². The molecule has 5 heteroatoms. The summed E-state index contributed by atoms with van der Waals surface area (Å²) in [7, 11) is 0. The van der Waals surface area contributed by atoms with Gasteiger partial charge >= 0.3 is 0 Å². The molecule has 17 heavy (non-hydrogen) atoms. The Balaban J connectivity index is 2.09. The van der Waals surface area contributed by atoms with Gasteiger partial charge in [0.25, 0.3) is 5.91 Å². The molecule has 1 fully saturated rings. The number of carbonyl (C=O) groups excluding carboxylic acids is 1. The Bertz CT molecular complexity index is 385. The molecule has 1 aliphatic rings. The number of pyridine rings is 1. The van der Waals surface area contributed by atoms with Crippen LogP contribution in [-0.2, 0) is 4.74 Å². The maximum Gasteiger partial charge on any atom is 0.254 e. The number of carbonyl (C=O) groups is 1. The molecule has 1 aromatic rings. The average Bonchev–Trinajstić information content (AvgIpc) is 2.38. The molecule has 0 spiro atoms. The number of rotatable bonds is 2. The van der Waals surface area contributed by atoms with Crippen molar-refractivity contribution in [3.63, 3.8) is 0 Å². The fraction of sp³-hybridized carbons (Fsp3) is 0.500. The maximum absolute atomic E-state index is 12.2. The van der Waals surface area contributed by atoms with E-state index in [2.05, 4.69) is 4.98 Å². The van der Waals surface area contributed by atoms with Gasteiger partial charge in [-0.25, -0.2) is 0 Å². The monoisotopic (exact) mass is 254 g/mol. The highest BCUT2D eigenvalue weighted by molar-refractivity contribution is 6.18. The minimum atomic E-state index is -0.0776. The summed E-state index contributed by atoms with van der Waals surface area (Å²) in [6.45, 7) is 3.11. The van der Waals surface area contributed by atoms with Crippen LogP contribution >= 0.6 is 11.6 Å². The third-order valence-electron chi connectivity index (χ3n) is 2.71. The van der Waals surface area contributed by atoms with Crippen LogP contribution in [0.5, 0.6) is 0 Å². The summed E-state index contributed by atoms with van der Waals surface area (Å²) in [6, 6.07) is 3.44. The van der Waals surface area contributed by atoms with Crippen molar-refractivity contribution in [2.45, 2.75) is 19.1 Å². The van der Waals surface area contributed by atoms with Crippen molar-refractivity contribution >= 4 is 17.5 Å². The number of nitrogens with zero attached hydrogens (tertiary/aromatic N) is 2. The Hall–Kier alpha value is -1.13. The molecule has 0 aliphatic carbocycles. The van der Waals surface area contributed by atoms with Gasteiger partial charge in [-0.15, -0.1) is 11.6 Å². The Morgan fingerprint density at radius 2 is 2.24 bits per heavy atom. The smallest absolute Gasteiger partial charge is 0.254 e. The van der Waals surface area contributed by atoms with Gasteiger partial charge in [-0.3, -0.25) is 9.78 Å². The Labute approximate surface area is 106 Å². The SMILES string of the molecule is CC1CN(C(=O)c2ccncc2)CC(CCl)O1. The highest BCUT2D eigenvalue weighted by Gasteiger charge is 2.28. The maximum atomic E-state index is 12.2. The second kappa shape index (κ2) is 5.47. The van der Waals surface area contributed by atoms with E-state index < -0.39 is 0 Å². The summed E-state index contributed by atoms with van der Waals surface area (Å²) in [6.07, 6.45) is 3.19. The number of aromatic nitrogens is 1. The molecule has 1 amide bonds. The molecule has 1 saturated heterocycles. The van der Waals surface area contributed by atoms with Gasteiger partial charge in [-0.1, -0.05) is 0 Å². The molecule has 0 N–H and O–H groups in total. The van der Waals surface area contributed by atoms with E-state index in [1.165, 1.54) is 0 Å². The summed E-state index contributed by atoms with van der Waals surface area (Å²) in [5.74, 6) is 0.419. The van der Waals surface area contributed by atoms with Crippen molar-refractivity contribution in [1.82, 2.24) is 9.88 Å². The lowest BCUT2D eigenvalue weighted by Gasteiger charge is -2.36. The number of alkyl halides is 1. The zero-order chi connectivity index (χ0) is 12.3. The molecule has 0 bridgehead atoms. The second-order valence-electron chi connectivity index (χ2n) is 4.17. The number of hydrogen-bond donors (Lipinski definition) is 0. The summed E-state index contributed by atoms with van der Waals surface area (Å²) >= 11 is 5.79. The molecule has 4 nitrogen and oxygen atoms in total. The highest BCUT2D eigenvalue weighted by Crippen LogP contribution is 2.15. The third-order valence-corrected chi connectivity index (χ3v) is 3.06. The fourth-order valence-electron chi connectivity index (χ4n) is 1.97. The summed E-state index contributed by atoms with van der Waals surface area (Å²) < 4.78 is 5.61. The topological polar surface area (TPSA) is 42.4 Å². The summed E-state index contributed by atoms with van der Waals surface area (Å²) in [4.78, 5) is 17.9. The average molecular weight is 255 g/mol. The van der Waals surface area contributed by atoms with Crippen molar-refractivity contribution in [2.75, 3.05) is 19.0 Å². The van der Waals surface area contributed by atoms with Gasteiger partial charge in [0.1, 0.15) is 0 Å². The lowest BCUT2D eigenvalue weighted by Crippen LogP contribution is -2.49. The Morgan fingerprint density at radius 1 is 1.53 bits per heavy atom. The molecule has 2 heterocycles. The van der Waals surface area contributed by atoms with E-state index >= 15 is 0 Å². The van der Waals surface area contributed by atoms with Gasteiger partial charge in [0, 0.05) is 31.0 Å². The first kappa shape index (κ1) is 12.3. The number of amides is 1. The van der Waals surface area contributed by atoms with Gasteiger partial charge in [0.05, 0.1) is 18.1 Å². The van der Waals surface area contributed by atoms with Gasteiger partial charge in [-0.2, -0.15) is 0 Å². The van der Waals surface area contributed by atoms with Gasteiger partial charge in [0.2, 0.25) is 0 Å². The molecule has 0 saturated carbocycles. The van der Waals surface area contributed by atoms with Crippen LogP contribution in [-0.4, -0.2) is 47.0 Å². The van der Waals surface area contributed by atoms with Crippen molar-refractivity contribution in [3.8, 4) is 0 Å². The van der Waals surface area contributed by atoms with Crippen LogP contribution in [0, 0.1) is 0 Å². The van der Waals surface area contributed by atoms with E-state index in [9.17, 15) is 4.79 Å². The standard InChI is InChI=1S/C12H15ClN2O2/c1-9-7-15(8-11(6-13)17-9)12(16)10-2-4-14-5-3-10/h2-5,9,11H,6-8H2,1H3. The van der Waals surface area contributed by atoms with Crippen LogP contribution in [0.4, 0.5) is 0 Å². The minimum absolute atomic E-state index is 0.0117. The van der Waals surface area contributed by atoms with Crippen LogP contribution in [0.3, 0.4) is 0 Å². The van der Waals surface area contributed by atoms with Gasteiger partial charge < -0.3 is 9.64 Å². The summed E-state index contributed by atoms with van der Waals surface area (Å²) in [5, 5.41) is 0. The third kappa shape index (κ3) is 2.96. The second-order valence-corrected chi connectivity index (χ2v) is 4.48. The van der Waals surface area contributed by atoms with E-state index in [-0.39, 0.29) is 18.1 Å². The van der Waals surface area contributed by atoms with E-state index in [0.29, 0.717) is 24.5 Å². The quantitative estimate of drug-likeness (QED) is 0.752. The van der Waals surface area contributed by atoms with Crippen LogP contribution in [0.15, 0.2) is 24.5 Å². The first-order chi connectivity index (χ1) is 8.20. The van der Waals surface area contributed by atoms with Crippen molar-refractivity contribution < 1.29 is 9.53 Å². The first-order valence-corrected chi connectivity index (χ1v) is 6.15. The predicted octanol–water partition coefficient (Wildman–Crippen LogP) is 1.55. The highest BCUT2D eigenvalue weighted by atomic mass is 35.5. The molecule has 0 aromatic carbocycles. The molecular weight excluding hydrogens is 240 g/mol. The fourth-order valence-corrected chi connectivity index (χ4v) is 2.14. The number of halogens is 1. The van der Waals surface area contributed by atoms with E-state index in [1.807, 2.05) is 6.92 Å². The zero-order valence-electron chi connectivity index (χ0n) is 9.67.